The molecular weight excluding hydrogens is 364 g/mol. The molecule has 128 valence electrons. The highest BCUT2D eigenvalue weighted by molar-refractivity contribution is 8.26. The molecule has 1 aliphatic rings. The van der Waals surface area contributed by atoms with Gasteiger partial charge in [-0.3, -0.25) is 14.5 Å². The summed E-state index contributed by atoms with van der Waals surface area (Å²) in [6, 6.07) is 4.17. The molecule has 1 heterocycles. The number of methoxy groups -OCH3 is 1. The molecule has 1 N–H and O–H groups in total. The Hall–Kier alpha value is -2.20. The van der Waals surface area contributed by atoms with E-state index in [1.807, 2.05) is 0 Å². The third-order valence-electron chi connectivity index (χ3n) is 2.87. The number of carboxylic acid groups (broad SMARTS) is 1. The van der Waals surface area contributed by atoms with Crippen LogP contribution < -0.4 is 9.47 Å². The minimum absolute atomic E-state index is 0.0741. The monoisotopic (exact) mass is 375 g/mol. The van der Waals surface area contributed by atoms with Crippen molar-refractivity contribution in [2.24, 2.45) is 0 Å². The number of nitrogens with zero attached hydrogens (tertiary/aromatic N) is 1. The maximum atomic E-state index is 12.3. The lowest BCUT2D eigenvalue weighted by Gasteiger charge is -2.11. The van der Waals surface area contributed by atoms with E-state index in [1.54, 1.807) is 0 Å². The van der Waals surface area contributed by atoms with Gasteiger partial charge >= 0.3 is 12.6 Å². The molecule has 6 nitrogen and oxygen atoms in total. The van der Waals surface area contributed by atoms with E-state index < -0.39 is 25.0 Å². The van der Waals surface area contributed by atoms with Gasteiger partial charge in [-0.2, -0.15) is 8.78 Å². The van der Waals surface area contributed by atoms with Crippen LogP contribution in [0, 0.1) is 0 Å². The molecule has 0 unspecified atom stereocenters. The maximum Gasteiger partial charge on any atom is 0.387 e. The van der Waals surface area contributed by atoms with Crippen molar-refractivity contribution in [1.29, 1.82) is 0 Å². The summed E-state index contributed by atoms with van der Waals surface area (Å²) >= 11 is 5.94. The van der Waals surface area contributed by atoms with Crippen LogP contribution in [0.2, 0.25) is 0 Å². The number of carbonyl (C=O) groups is 2. The molecule has 0 aromatic heterocycles. The highest BCUT2D eigenvalue weighted by Gasteiger charge is 2.33. The Morgan fingerprint density at radius 2 is 2.17 bits per heavy atom. The average molecular weight is 375 g/mol. The molecule has 10 heteroatoms. The fourth-order valence-corrected chi connectivity index (χ4v) is 3.15. The topological polar surface area (TPSA) is 76.1 Å². The third-order valence-corrected chi connectivity index (χ3v) is 4.25. The average Bonchev–Trinajstić information content (AvgIpc) is 2.75. The lowest BCUT2D eigenvalue weighted by atomic mass is 10.2. The Labute approximate surface area is 145 Å². The molecule has 0 bridgehead atoms. The molecule has 1 aliphatic heterocycles. The summed E-state index contributed by atoms with van der Waals surface area (Å²) in [4.78, 5) is 24.1. The fraction of sp³-hybridized carbons (Fsp3) is 0.214. The normalized spacial score (nSPS) is 16.2. The first kappa shape index (κ1) is 18.1. The minimum Gasteiger partial charge on any atom is -0.493 e. The summed E-state index contributed by atoms with van der Waals surface area (Å²) in [6.45, 7) is -3.51. The molecule has 1 aromatic carbocycles. The zero-order valence-electron chi connectivity index (χ0n) is 12.2. The van der Waals surface area contributed by atoms with Gasteiger partial charge in [0.1, 0.15) is 10.9 Å². The molecule has 1 fully saturated rings. The highest BCUT2D eigenvalue weighted by atomic mass is 32.2. The first-order chi connectivity index (χ1) is 11.3. The van der Waals surface area contributed by atoms with Crippen molar-refractivity contribution in [3.63, 3.8) is 0 Å². The first-order valence-electron chi connectivity index (χ1n) is 6.42. The maximum absolute atomic E-state index is 12.3. The summed E-state index contributed by atoms with van der Waals surface area (Å²) in [5, 5.41) is 8.78. The molecule has 0 saturated carbocycles. The van der Waals surface area contributed by atoms with Crippen molar-refractivity contribution in [1.82, 2.24) is 4.90 Å². The van der Waals surface area contributed by atoms with Crippen LogP contribution in [-0.4, -0.2) is 46.5 Å². The quantitative estimate of drug-likeness (QED) is 0.605. The van der Waals surface area contributed by atoms with Crippen LogP contribution in [0.15, 0.2) is 23.1 Å². The smallest absolute Gasteiger partial charge is 0.387 e. The molecule has 0 spiro atoms. The van der Waals surface area contributed by atoms with E-state index in [-0.39, 0.29) is 20.7 Å². The van der Waals surface area contributed by atoms with E-state index in [2.05, 4.69) is 4.74 Å². The van der Waals surface area contributed by atoms with Crippen molar-refractivity contribution in [2.45, 2.75) is 6.61 Å². The molecule has 0 radical (unpaired) electrons. The molecular formula is C14H11F2NO5S2. The molecule has 1 saturated heterocycles. The van der Waals surface area contributed by atoms with E-state index in [1.165, 1.54) is 31.4 Å². The number of hydrogen-bond donors (Lipinski definition) is 1. The number of rotatable bonds is 6. The number of carbonyl (C=O) groups excluding carboxylic acids is 1. The van der Waals surface area contributed by atoms with Crippen LogP contribution in [0.5, 0.6) is 11.5 Å². The van der Waals surface area contributed by atoms with Gasteiger partial charge in [0.15, 0.2) is 11.5 Å². The number of alkyl halides is 2. The van der Waals surface area contributed by atoms with Crippen molar-refractivity contribution >= 4 is 46.3 Å². The van der Waals surface area contributed by atoms with Crippen molar-refractivity contribution in [3.8, 4) is 11.5 Å². The second-order valence-corrected chi connectivity index (χ2v) is 6.13. The van der Waals surface area contributed by atoms with E-state index in [4.69, 9.17) is 22.1 Å². The van der Waals surface area contributed by atoms with Crippen molar-refractivity contribution in [3.05, 3.63) is 28.7 Å². The van der Waals surface area contributed by atoms with E-state index in [0.29, 0.717) is 5.56 Å². The predicted molar refractivity (Wildman–Crippen MR) is 87.1 cm³/mol. The Morgan fingerprint density at radius 3 is 2.75 bits per heavy atom. The zero-order chi connectivity index (χ0) is 17.9. The second kappa shape index (κ2) is 7.58. The Balaban J connectivity index is 2.26. The van der Waals surface area contributed by atoms with E-state index in [9.17, 15) is 18.4 Å². The van der Waals surface area contributed by atoms with Crippen LogP contribution in [0.4, 0.5) is 8.78 Å². The van der Waals surface area contributed by atoms with Crippen LogP contribution >= 0.6 is 24.0 Å². The number of hydrogen-bond acceptors (Lipinski definition) is 6. The van der Waals surface area contributed by atoms with Gasteiger partial charge in [0.05, 0.1) is 12.0 Å². The van der Waals surface area contributed by atoms with Gasteiger partial charge in [0.2, 0.25) is 0 Å². The highest BCUT2D eigenvalue weighted by Crippen LogP contribution is 2.35. The zero-order valence-corrected chi connectivity index (χ0v) is 13.8. The number of carboxylic acids is 1. The fourth-order valence-electron chi connectivity index (χ4n) is 1.89. The van der Waals surface area contributed by atoms with Crippen molar-refractivity contribution in [2.75, 3.05) is 13.7 Å². The molecule has 1 aromatic rings. The molecule has 0 aliphatic carbocycles. The van der Waals surface area contributed by atoms with Gasteiger partial charge in [-0.25, -0.2) is 0 Å². The standard InChI is InChI=1S/C14H11F2NO5S2/c1-21-9-4-7(2-3-8(9)22-13(15)16)5-10-12(20)17(6-11(18)19)14(23)24-10/h2-5,13H,6H2,1H3,(H,18,19)/b10-5+. The summed E-state index contributed by atoms with van der Waals surface area (Å²) in [5.74, 6) is -1.77. The summed E-state index contributed by atoms with van der Waals surface area (Å²) < 4.78 is 34.0. The molecule has 2 rings (SSSR count). The summed E-state index contributed by atoms with van der Waals surface area (Å²) in [7, 11) is 1.30. The Bertz CT molecular complexity index is 723. The van der Waals surface area contributed by atoms with Gasteiger partial charge in [-0.15, -0.1) is 0 Å². The second-order valence-electron chi connectivity index (χ2n) is 4.45. The van der Waals surface area contributed by atoms with Gasteiger partial charge in [0, 0.05) is 0 Å². The predicted octanol–water partition coefficient (Wildman–Crippen LogP) is 2.58. The van der Waals surface area contributed by atoms with Gasteiger partial charge < -0.3 is 14.6 Å². The Morgan fingerprint density at radius 1 is 1.46 bits per heavy atom. The van der Waals surface area contributed by atoms with Crippen molar-refractivity contribution < 1.29 is 33.0 Å². The number of thioether (sulfide) groups is 1. The largest absolute Gasteiger partial charge is 0.493 e. The number of benzene rings is 1. The van der Waals surface area contributed by atoms with Gasteiger partial charge in [-0.1, -0.05) is 30.0 Å². The van der Waals surface area contributed by atoms with E-state index in [0.717, 1.165) is 16.7 Å². The molecule has 0 atom stereocenters. The van der Waals surface area contributed by atoms with E-state index >= 15 is 0 Å². The number of amides is 1. The molecule has 1 amide bonds. The summed E-state index contributed by atoms with van der Waals surface area (Å²) in [5.41, 5.74) is 0.490. The van der Waals surface area contributed by atoms with Crippen LogP contribution in [0.25, 0.3) is 6.08 Å². The number of thiocarbonyl (C=S) groups is 1. The third kappa shape index (κ3) is 4.20. The van der Waals surface area contributed by atoms with Gasteiger partial charge in [0.25, 0.3) is 5.91 Å². The summed E-state index contributed by atoms with van der Waals surface area (Å²) in [6.07, 6.45) is 1.47. The number of ether oxygens (including phenoxy) is 2. The Kier molecular flexibility index (Phi) is 5.73. The SMILES string of the molecule is COc1cc(/C=C2/SC(=S)N(CC(=O)O)C2=O)ccc1OC(F)F. The lowest BCUT2D eigenvalue weighted by Crippen LogP contribution is -2.33. The number of halogens is 2. The van der Waals surface area contributed by atoms with Crippen LogP contribution in [0.1, 0.15) is 5.56 Å². The lowest BCUT2D eigenvalue weighted by molar-refractivity contribution is -0.140. The first-order valence-corrected chi connectivity index (χ1v) is 7.64. The minimum atomic E-state index is -2.99. The number of aliphatic carboxylic acids is 1. The van der Waals surface area contributed by atoms with Crippen LogP contribution in [0.3, 0.4) is 0 Å². The molecule has 24 heavy (non-hydrogen) atoms. The van der Waals surface area contributed by atoms with Crippen LogP contribution in [-0.2, 0) is 9.59 Å². The van der Waals surface area contributed by atoms with Gasteiger partial charge in [-0.05, 0) is 23.8 Å².